The lowest BCUT2D eigenvalue weighted by atomic mass is 9.87. The quantitative estimate of drug-likeness (QED) is 0.422. The molecule has 3 aromatic rings. The second-order valence-electron chi connectivity index (χ2n) is 9.87. The van der Waals surface area contributed by atoms with Crippen molar-refractivity contribution in [1.29, 1.82) is 0 Å². The summed E-state index contributed by atoms with van der Waals surface area (Å²) in [6, 6.07) is 13.4. The van der Waals surface area contributed by atoms with Gasteiger partial charge in [-0.1, -0.05) is 37.1 Å². The molecular formula is C30H29FO4. The minimum Gasteiger partial charge on any atom is -0.489 e. The van der Waals surface area contributed by atoms with Gasteiger partial charge in [-0.05, 0) is 91.1 Å². The standard InChI is InChI=1S/C30H29FO4/c1-17-18(2)28-23(13-25(29(28)32)20-7-3-4-8-20)15-27(17)35-16-19-6-5-9-21(12-19)24-11-10-22(30(33)34)14-26(24)31/h5-6,9-12,14-15,20,25H,3-4,7-8,13,16H2,1-2H3,(H,33,34). The molecule has 0 aliphatic heterocycles. The number of carbonyl (C=O) groups excluding carboxylic acids is 1. The van der Waals surface area contributed by atoms with Crippen LogP contribution in [0, 0.1) is 31.5 Å². The minimum absolute atomic E-state index is 0.0816. The van der Waals surface area contributed by atoms with E-state index in [1.54, 1.807) is 6.07 Å². The molecule has 1 N–H and O–H groups in total. The topological polar surface area (TPSA) is 63.6 Å². The number of fused-ring (bicyclic) bond motifs is 1. The number of halogens is 1. The van der Waals surface area contributed by atoms with Gasteiger partial charge in [0.05, 0.1) is 5.56 Å². The maximum absolute atomic E-state index is 14.6. The van der Waals surface area contributed by atoms with Gasteiger partial charge in [0, 0.05) is 17.0 Å². The van der Waals surface area contributed by atoms with Gasteiger partial charge in [-0.2, -0.15) is 0 Å². The lowest BCUT2D eigenvalue weighted by Gasteiger charge is -2.16. The summed E-state index contributed by atoms with van der Waals surface area (Å²) in [5.41, 5.74) is 5.79. The number of rotatable bonds is 6. The van der Waals surface area contributed by atoms with E-state index in [-0.39, 0.29) is 11.5 Å². The maximum Gasteiger partial charge on any atom is 0.335 e. The van der Waals surface area contributed by atoms with Crippen LogP contribution in [0.1, 0.15) is 68.7 Å². The number of ether oxygens (including phenoxy) is 1. The van der Waals surface area contributed by atoms with Crippen molar-refractivity contribution in [2.24, 2.45) is 11.8 Å². The van der Waals surface area contributed by atoms with Gasteiger partial charge >= 0.3 is 5.97 Å². The second-order valence-corrected chi connectivity index (χ2v) is 9.87. The fourth-order valence-electron chi connectivity index (χ4n) is 5.73. The van der Waals surface area contributed by atoms with Crippen LogP contribution in [0.3, 0.4) is 0 Å². The maximum atomic E-state index is 14.6. The second kappa shape index (κ2) is 9.29. The predicted octanol–water partition coefficient (Wildman–Crippen LogP) is 6.93. The van der Waals surface area contributed by atoms with E-state index in [1.807, 2.05) is 38.1 Å². The van der Waals surface area contributed by atoms with Gasteiger partial charge in [0.1, 0.15) is 18.2 Å². The summed E-state index contributed by atoms with van der Waals surface area (Å²) < 4.78 is 20.8. The smallest absolute Gasteiger partial charge is 0.335 e. The van der Waals surface area contributed by atoms with Crippen LogP contribution >= 0.6 is 0 Å². The van der Waals surface area contributed by atoms with Crippen LogP contribution < -0.4 is 4.74 Å². The molecule has 1 fully saturated rings. The summed E-state index contributed by atoms with van der Waals surface area (Å²) in [6.07, 6.45) is 5.56. The third kappa shape index (κ3) is 4.36. The first-order valence-corrected chi connectivity index (χ1v) is 12.3. The van der Waals surface area contributed by atoms with Gasteiger partial charge in [-0.3, -0.25) is 4.79 Å². The van der Waals surface area contributed by atoms with E-state index in [0.29, 0.717) is 29.4 Å². The molecule has 3 aromatic carbocycles. The van der Waals surface area contributed by atoms with E-state index >= 15 is 0 Å². The predicted molar refractivity (Wildman–Crippen MR) is 133 cm³/mol. The van der Waals surface area contributed by atoms with E-state index in [1.165, 1.54) is 25.0 Å². The van der Waals surface area contributed by atoms with E-state index in [4.69, 9.17) is 9.84 Å². The molecule has 0 saturated heterocycles. The Morgan fingerprint density at radius 1 is 1.06 bits per heavy atom. The van der Waals surface area contributed by atoms with Crippen LogP contribution in [0.15, 0.2) is 48.5 Å². The minimum atomic E-state index is -1.16. The highest BCUT2D eigenvalue weighted by Crippen LogP contribution is 2.43. The average molecular weight is 473 g/mol. The Hall–Kier alpha value is -3.47. The molecule has 2 aliphatic rings. The van der Waals surface area contributed by atoms with Crippen LogP contribution in [0.5, 0.6) is 5.75 Å². The molecular weight excluding hydrogens is 443 g/mol. The van der Waals surface area contributed by atoms with Crippen LogP contribution in [0.25, 0.3) is 11.1 Å². The number of hydrogen-bond donors (Lipinski definition) is 1. The summed E-state index contributed by atoms with van der Waals surface area (Å²) in [4.78, 5) is 24.3. The third-order valence-electron chi connectivity index (χ3n) is 7.77. The van der Waals surface area contributed by atoms with Crippen molar-refractivity contribution in [1.82, 2.24) is 0 Å². The van der Waals surface area contributed by atoms with Gasteiger partial charge in [0.25, 0.3) is 0 Å². The lowest BCUT2D eigenvalue weighted by Crippen LogP contribution is -2.18. The first-order valence-electron chi connectivity index (χ1n) is 12.3. The molecule has 0 radical (unpaired) electrons. The zero-order valence-corrected chi connectivity index (χ0v) is 20.1. The van der Waals surface area contributed by atoms with Crippen molar-refractivity contribution >= 4 is 11.8 Å². The number of carboxylic acid groups (broad SMARTS) is 1. The van der Waals surface area contributed by atoms with Gasteiger partial charge in [0.15, 0.2) is 5.78 Å². The highest BCUT2D eigenvalue weighted by molar-refractivity contribution is 6.04. The molecule has 0 spiro atoms. The molecule has 180 valence electrons. The SMILES string of the molecule is Cc1c(OCc2cccc(-c3ccc(C(=O)O)cc3F)c2)cc2c(c1C)C(=O)C(C1CCCC1)C2. The van der Waals surface area contributed by atoms with Gasteiger partial charge < -0.3 is 9.84 Å². The normalized spacial score (nSPS) is 17.6. The van der Waals surface area contributed by atoms with E-state index < -0.39 is 11.8 Å². The molecule has 1 atom stereocenters. The number of carbonyl (C=O) groups is 2. The van der Waals surface area contributed by atoms with E-state index in [9.17, 15) is 14.0 Å². The Morgan fingerprint density at radius 3 is 2.54 bits per heavy atom. The summed E-state index contributed by atoms with van der Waals surface area (Å²) in [5.74, 6) is -0.0266. The fourth-order valence-corrected chi connectivity index (χ4v) is 5.73. The molecule has 1 saturated carbocycles. The van der Waals surface area contributed by atoms with Crippen molar-refractivity contribution < 1.29 is 23.8 Å². The zero-order chi connectivity index (χ0) is 24.7. The average Bonchev–Trinajstić information content (AvgIpc) is 3.48. The number of Topliss-reactive ketones (excluding diaryl/α,β-unsaturated/α-hetero) is 1. The molecule has 1 unspecified atom stereocenters. The molecule has 35 heavy (non-hydrogen) atoms. The molecule has 2 aliphatic carbocycles. The largest absolute Gasteiger partial charge is 0.489 e. The molecule has 5 rings (SSSR count). The molecule has 0 heterocycles. The van der Waals surface area contributed by atoms with Gasteiger partial charge in [0.2, 0.25) is 0 Å². The molecule has 0 bridgehead atoms. The monoisotopic (exact) mass is 472 g/mol. The fraction of sp³-hybridized carbons (Fsp3) is 0.333. The van der Waals surface area contributed by atoms with E-state index in [2.05, 4.69) is 0 Å². The van der Waals surface area contributed by atoms with Gasteiger partial charge in [-0.15, -0.1) is 0 Å². The van der Waals surface area contributed by atoms with Crippen molar-refractivity contribution in [3.63, 3.8) is 0 Å². The summed E-state index contributed by atoms with van der Waals surface area (Å²) in [7, 11) is 0. The van der Waals surface area contributed by atoms with Crippen molar-refractivity contribution in [3.05, 3.63) is 87.7 Å². The molecule has 0 aromatic heterocycles. The van der Waals surface area contributed by atoms with Crippen LogP contribution in [0.2, 0.25) is 0 Å². The highest BCUT2D eigenvalue weighted by Gasteiger charge is 2.39. The first kappa shape index (κ1) is 23.3. The van der Waals surface area contributed by atoms with E-state index in [0.717, 1.165) is 58.9 Å². The first-order chi connectivity index (χ1) is 16.8. The third-order valence-corrected chi connectivity index (χ3v) is 7.77. The molecule has 4 nitrogen and oxygen atoms in total. The molecule has 5 heteroatoms. The Labute approximate surface area is 204 Å². The van der Waals surface area contributed by atoms with Crippen molar-refractivity contribution in [3.8, 4) is 16.9 Å². The Morgan fingerprint density at radius 2 is 1.83 bits per heavy atom. The lowest BCUT2D eigenvalue weighted by molar-refractivity contribution is 0.0696. The number of ketones is 1. The number of hydrogen-bond acceptors (Lipinski definition) is 3. The summed E-state index contributed by atoms with van der Waals surface area (Å²) in [5, 5.41) is 9.08. The zero-order valence-electron chi connectivity index (χ0n) is 20.1. The van der Waals surface area contributed by atoms with Crippen molar-refractivity contribution in [2.75, 3.05) is 0 Å². The Kier molecular flexibility index (Phi) is 6.18. The van der Waals surface area contributed by atoms with Gasteiger partial charge in [-0.25, -0.2) is 9.18 Å². The molecule has 0 amide bonds. The van der Waals surface area contributed by atoms with Crippen molar-refractivity contribution in [2.45, 2.75) is 52.6 Å². The summed E-state index contributed by atoms with van der Waals surface area (Å²) >= 11 is 0. The van der Waals surface area contributed by atoms with Crippen LogP contribution in [-0.2, 0) is 13.0 Å². The van der Waals surface area contributed by atoms with Crippen LogP contribution in [0.4, 0.5) is 4.39 Å². The number of benzene rings is 3. The number of carboxylic acids is 1. The Balaban J connectivity index is 1.36. The summed E-state index contributed by atoms with van der Waals surface area (Å²) in [6.45, 7) is 4.32. The van der Waals surface area contributed by atoms with Crippen LogP contribution in [-0.4, -0.2) is 16.9 Å². The number of aromatic carboxylic acids is 1. The highest BCUT2D eigenvalue weighted by atomic mass is 19.1. The Bertz CT molecular complexity index is 1320.